The largest absolute Gasteiger partial charge is 0.380 e. The Bertz CT molecular complexity index is 585. The highest BCUT2D eigenvalue weighted by molar-refractivity contribution is 14.1. The molecule has 1 N–H and O–H groups in total. The van der Waals surface area contributed by atoms with Gasteiger partial charge in [0.1, 0.15) is 0 Å². The van der Waals surface area contributed by atoms with E-state index >= 15 is 0 Å². The predicted octanol–water partition coefficient (Wildman–Crippen LogP) is 3.58. The van der Waals surface area contributed by atoms with Gasteiger partial charge in [-0.05, 0) is 41.6 Å². The summed E-state index contributed by atoms with van der Waals surface area (Å²) in [4.78, 5) is 15.7. The van der Waals surface area contributed by atoms with Crippen LogP contribution in [-0.2, 0) is 6.54 Å². The van der Waals surface area contributed by atoms with Crippen molar-refractivity contribution in [3.8, 4) is 0 Å². The lowest BCUT2D eigenvalue weighted by atomic mass is 10.3. The number of aromatic nitrogens is 1. The molecule has 2 aromatic rings. The van der Waals surface area contributed by atoms with Gasteiger partial charge in [-0.3, -0.25) is 10.1 Å². The topological polar surface area (TPSA) is 68.1 Å². The zero-order valence-electron chi connectivity index (χ0n) is 9.51. The standard InChI is InChI=1S/C11H10IN3O2S/c1-7-11(18-6-14-7)5-13-8-2-3-10(15(16)17)9(12)4-8/h2-4,6,13H,5H2,1H3. The second-order valence-corrected chi connectivity index (χ2v) is 5.74. The van der Waals surface area contributed by atoms with Gasteiger partial charge in [0.2, 0.25) is 0 Å². The zero-order valence-corrected chi connectivity index (χ0v) is 12.5. The van der Waals surface area contributed by atoms with Gasteiger partial charge in [-0.1, -0.05) is 0 Å². The van der Waals surface area contributed by atoms with Crippen molar-refractivity contribution in [2.75, 3.05) is 5.32 Å². The van der Waals surface area contributed by atoms with Gasteiger partial charge in [-0.2, -0.15) is 0 Å². The molecule has 0 unspecified atom stereocenters. The smallest absolute Gasteiger partial charge is 0.282 e. The third kappa shape index (κ3) is 2.96. The van der Waals surface area contributed by atoms with Gasteiger partial charge in [-0.25, -0.2) is 4.98 Å². The summed E-state index contributed by atoms with van der Waals surface area (Å²) in [6.07, 6.45) is 0. The molecule has 94 valence electrons. The summed E-state index contributed by atoms with van der Waals surface area (Å²) in [5.74, 6) is 0. The summed E-state index contributed by atoms with van der Waals surface area (Å²) >= 11 is 3.57. The van der Waals surface area contributed by atoms with Crippen molar-refractivity contribution < 1.29 is 4.92 Å². The van der Waals surface area contributed by atoms with Crippen LogP contribution < -0.4 is 5.32 Å². The second kappa shape index (κ2) is 5.61. The molecule has 0 bridgehead atoms. The van der Waals surface area contributed by atoms with E-state index in [9.17, 15) is 10.1 Å². The fourth-order valence-corrected chi connectivity index (χ4v) is 2.87. The molecule has 0 aliphatic rings. The van der Waals surface area contributed by atoms with Gasteiger partial charge in [-0.15, -0.1) is 11.3 Å². The van der Waals surface area contributed by atoms with Crippen molar-refractivity contribution in [1.29, 1.82) is 0 Å². The first-order valence-corrected chi connectivity index (χ1v) is 7.10. The lowest BCUT2D eigenvalue weighted by Gasteiger charge is -2.06. The Morgan fingerprint density at radius 1 is 1.56 bits per heavy atom. The molecule has 5 nitrogen and oxygen atoms in total. The van der Waals surface area contributed by atoms with E-state index in [0.29, 0.717) is 10.1 Å². The number of nitro benzene ring substituents is 1. The van der Waals surface area contributed by atoms with E-state index in [2.05, 4.69) is 10.3 Å². The van der Waals surface area contributed by atoms with Crippen molar-refractivity contribution in [2.24, 2.45) is 0 Å². The molecule has 0 aliphatic heterocycles. The van der Waals surface area contributed by atoms with Crippen molar-refractivity contribution in [1.82, 2.24) is 4.98 Å². The van der Waals surface area contributed by atoms with Crippen LogP contribution in [0, 0.1) is 20.6 Å². The van der Waals surface area contributed by atoms with Gasteiger partial charge >= 0.3 is 0 Å². The quantitative estimate of drug-likeness (QED) is 0.504. The molecule has 1 aromatic carbocycles. The van der Waals surface area contributed by atoms with Crippen molar-refractivity contribution in [3.63, 3.8) is 0 Å². The maximum atomic E-state index is 10.7. The summed E-state index contributed by atoms with van der Waals surface area (Å²) in [7, 11) is 0. The Morgan fingerprint density at radius 3 is 2.89 bits per heavy atom. The highest BCUT2D eigenvalue weighted by atomic mass is 127. The average molecular weight is 375 g/mol. The number of thiazole rings is 1. The number of anilines is 1. The summed E-state index contributed by atoms with van der Waals surface area (Å²) in [5, 5.41) is 13.9. The number of hydrogen-bond donors (Lipinski definition) is 1. The Kier molecular flexibility index (Phi) is 4.12. The van der Waals surface area contributed by atoms with Crippen LogP contribution in [-0.4, -0.2) is 9.91 Å². The number of hydrogen-bond acceptors (Lipinski definition) is 5. The SMILES string of the molecule is Cc1ncsc1CNc1ccc([N+](=O)[O-])c(I)c1. The number of halogens is 1. The molecule has 0 spiro atoms. The fraction of sp³-hybridized carbons (Fsp3) is 0.182. The van der Waals surface area contributed by atoms with Crippen LogP contribution in [0.2, 0.25) is 0 Å². The van der Waals surface area contributed by atoms with E-state index < -0.39 is 0 Å². The Morgan fingerprint density at radius 2 is 2.33 bits per heavy atom. The molecule has 0 fully saturated rings. The number of nitrogens with one attached hydrogen (secondary N) is 1. The first-order chi connectivity index (χ1) is 8.58. The molecule has 2 rings (SSSR count). The maximum Gasteiger partial charge on any atom is 0.282 e. The molecule has 0 saturated heterocycles. The molecule has 1 aromatic heterocycles. The average Bonchev–Trinajstić information content (AvgIpc) is 2.72. The maximum absolute atomic E-state index is 10.7. The normalized spacial score (nSPS) is 10.3. The molecule has 0 atom stereocenters. The van der Waals surface area contributed by atoms with Crippen LogP contribution in [0.3, 0.4) is 0 Å². The van der Waals surface area contributed by atoms with Crippen molar-refractivity contribution in [2.45, 2.75) is 13.5 Å². The van der Waals surface area contributed by atoms with Crippen LogP contribution in [0.15, 0.2) is 23.7 Å². The summed E-state index contributed by atoms with van der Waals surface area (Å²) in [6.45, 7) is 2.65. The van der Waals surface area contributed by atoms with Crippen LogP contribution in [0.1, 0.15) is 10.6 Å². The third-order valence-corrected chi connectivity index (χ3v) is 4.24. The summed E-state index contributed by atoms with van der Waals surface area (Å²) in [6, 6.07) is 5.01. The van der Waals surface area contributed by atoms with Crippen molar-refractivity contribution >= 4 is 45.3 Å². The molecule has 18 heavy (non-hydrogen) atoms. The minimum atomic E-state index is -0.376. The van der Waals surface area contributed by atoms with E-state index in [4.69, 9.17) is 0 Å². The lowest BCUT2D eigenvalue weighted by Crippen LogP contribution is -2.00. The van der Waals surface area contributed by atoms with Gasteiger partial charge in [0.05, 0.1) is 26.2 Å². The molecular formula is C11H10IN3O2S. The lowest BCUT2D eigenvalue weighted by molar-refractivity contribution is -0.385. The first kappa shape index (κ1) is 13.2. The highest BCUT2D eigenvalue weighted by Gasteiger charge is 2.11. The monoisotopic (exact) mass is 375 g/mol. The van der Waals surface area contributed by atoms with Gasteiger partial charge in [0, 0.05) is 16.6 Å². The van der Waals surface area contributed by atoms with E-state index in [-0.39, 0.29) is 10.6 Å². The van der Waals surface area contributed by atoms with Crippen LogP contribution >= 0.6 is 33.9 Å². The number of nitro groups is 1. The van der Waals surface area contributed by atoms with Gasteiger partial charge in [0.15, 0.2) is 0 Å². The summed E-state index contributed by atoms with van der Waals surface area (Å²) < 4.78 is 0.628. The van der Waals surface area contributed by atoms with Crippen LogP contribution in [0.25, 0.3) is 0 Å². The summed E-state index contributed by atoms with van der Waals surface area (Å²) in [5.41, 5.74) is 3.84. The molecule has 0 aliphatic carbocycles. The highest BCUT2D eigenvalue weighted by Crippen LogP contribution is 2.24. The number of benzene rings is 1. The minimum Gasteiger partial charge on any atom is -0.380 e. The fourth-order valence-electron chi connectivity index (χ4n) is 1.44. The zero-order chi connectivity index (χ0) is 13.1. The number of nitrogens with zero attached hydrogens (tertiary/aromatic N) is 2. The minimum absolute atomic E-state index is 0.134. The van der Waals surface area contributed by atoms with E-state index in [1.54, 1.807) is 23.5 Å². The van der Waals surface area contributed by atoms with E-state index in [1.165, 1.54) is 10.9 Å². The molecular weight excluding hydrogens is 365 g/mol. The number of aryl methyl sites for hydroxylation is 1. The molecule has 7 heteroatoms. The first-order valence-electron chi connectivity index (χ1n) is 5.14. The van der Waals surface area contributed by atoms with Crippen molar-refractivity contribution in [3.05, 3.63) is 48.0 Å². The number of rotatable bonds is 4. The molecule has 0 amide bonds. The van der Waals surface area contributed by atoms with Gasteiger partial charge < -0.3 is 5.32 Å². The van der Waals surface area contributed by atoms with Gasteiger partial charge in [0.25, 0.3) is 5.69 Å². The molecule has 0 radical (unpaired) electrons. The Balaban J connectivity index is 2.09. The predicted molar refractivity (Wildman–Crippen MR) is 80.0 cm³/mol. The molecule has 0 saturated carbocycles. The van der Waals surface area contributed by atoms with E-state index in [1.807, 2.05) is 35.0 Å². The second-order valence-electron chi connectivity index (χ2n) is 3.64. The van der Waals surface area contributed by atoms with Crippen LogP contribution in [0.5, 0.6) is 0 Å². The Labute approximate surface area is 122 Å². The Hall–Kier alpha value is -1.22. The molecule has 1 heterocycles. The van der Waals surface area contributed by atoms with E-state index in [0.717, 1.165) is 11.4 Å². The van der Waals surface area contributed by atoms with Crippen LogP contribution in [0.4, 0.5) is 11.4 Å². The third-order valence-electron chi connectivity index (χ3n) is 2.44.